The molecular formula is C15H29NO4. The van der Waals surface area contributed by atoms with E-state index in [1.807, 2.05) is 0 Å². The molecule has 0 aliphatic carbocycles. The van der Waals surface area contributed by atoms with Crippen LogP contribution >= 0.6 is 0 Å². The molecule has 0 aliphatic heterocycles. The zero-order valence-corrected chi connectivity index (χ0v) is 12.6. The number of carboxylic acids is 1. The van der Waals surface area contributed by atoms with Gasteiger partial charge in [0.25, 0.3) is 0 Å². The first-order valence-corrected chi connectivity index (χ1v) is 7.72. The Kier molecular flexibility index (Phi) is 12.2. The second kappa shape index (κ2) is 12.9. The van der Waals surface area contributed by atoms with Gasteiger partial charge in [0.15, 0.2) is 0 Å². The van der Waals surface area contributed by atoms with Crippen LogP contribution in [0.15, 0.2) is 0 Å². The first-order valence-electron chi connectivity index (χ1n) is 7.72. The summed E-state index contributed by atoms with van der Waals surface area (Å²) in [5, 5.41) is 8.49. The number of carbonyl (C=O) groups is 2. The van der Waals surface area contributed by atoms with Crippen molar-refractivity contribution >= 4 is 11.9 Å². The van der Waals surface area contributed by atoms with Crippen LogP contribution in [0.2, 0.25) is 0 Å². The van der Waals surface area contributed by atoms with Gasteiger partial charge in [-0.05, 0) is 12.8 Å². The first-order chi connectivity index (χ1) is 9.57. The van der Waals surface area contributed by atoms with Crippen LogP contribution in [0.5, 0.6) is 0 Å². The minimum absolute atomic E-state index is 0.103. The maximum Gasteiger partial charge on any atom is 0.322 e. The minimum Gasteiger partial charge on any atom is -0.481 e. The molecule has 0 fully saturated rings. The van der Waals surface area contributed by atoms with E-state index in [-0.39, 0.29) is 12.8 Å². The van der Waals surface area contributed by atoms with Crippen LogP contribution in [-0.4, -0.2) is 29.7 Å². The summed E-state index contributed by atoms with van der Waals surface area (Å²) >= 11 is 0. The molecule has 0 aromatic carbocycles. The van der Waals surface area contributed by atoms with Crippen LogP contribution in [-0.2, 0) is 14.3 Å². The van der Waals surface area contributed by atoms with E-state index in [1.165, 1.54) is 38.5 Å². The van der Waals surface area contributed by atoms with Crippen LogP contribution in [0.4, 0.5) is 0 Å². The Morgan fingerprint density at radius 1 is 1.05 bits per heavy atom. The molecule has 0 unspecified atom stereocenters. The fourth-order valence-electron chi connectivity index (χ4n) is 1.91. The monoisotopic (exact) mass is 287 g/mol. The highest BCUT2D eigenvalue weighted by Gasteiger charge is 2.15. The molecule has 3 N–H and O–H groups in total. The summed E-state index contributed by atoms with van der Waals surface area (Å²) in [6.07, 6.45) is 9.52. The largest absolute Gasteiger partial charge is 0.481 e. The highest BCUT2D eigenvalue weighted by molar-refractivity contribution is 5.76. The van der Waals surface area contributed by atoms with E-state index >= 15 is 0 Å². The van der Waals surface area contributed by atoms with E-state index in [4.69, 9.17) is 15.6 Å². The summed E-state index contributed by atoms with van der Waals surface area (Å²) in [6, 6.07) is -0.819. The van der Waals surface area contributed by atoms with Crippen molar-refractivity contribution in [2.75, 3.05) is 6.61 Å². The quantitative estimate of drug-likeness (QED) is 0.401. The Labute approximate surface area is 121 Å². The van der Waals surface area contributed by atoms with Gasteiger partial charge >= 0.3 is 11.9 Å². The Balaban J connectivity index is 3.36. The fourth-order valence-corrected chi connectivity index (χ4v) is 1.91. The average Bonchev–Trinajstić information content (AvgIpc) is 2.42. The maximum atomic E-state index is 11.4. The molecule has 118 valence electrons. The van der Waals surface area contributed by atoms with E-state index in [1.54, 1.807) is 0 Å². The van der Waals surface area contributed by atoms with Crippen molar-refractivity contribution < 1.29 is 19.4 Å². The van der Waals surface area contributed by atoms with Crippen LogP contribution in [0.3, 0.4) is 0 Å². The number of rotatable bonds is 13. The number of carboxylic acid groups (broad SMARTS) is 1. The van der Waals surface area contributed by atoms with Crippen molar-refractivity contribution in [2.45, 2.75) is 77.2 Å². The molecule has 0 amide bonds. The van der Waals surface area contributed by atoms with Crippen molar-refractivity contribution in [1.29, 1.82) is 0 Å². The van der Waals surface area contributed by atoms with E-state index in [0.717, 1.165) is 12.8 Å². The van der Waals surface area contributed by atoms with Gasteiger partial charge in [0, 0.05) is 6.42 Å². The zero-order valence-electron chi connectivity index (χ0n) is 12.6. The topological polar surface area (TPSA) is 89.6 Å². The highest BCUT2D eigenvalue weighted by atomic mass is 16.5. The normalized spacial score (nSPS) is 12.1. The Morgan fingerprint density at radius 2 is 1.60 bits per heavy atom. The lowest BCUT2D eigenvalue weighted by atomic mass is 10.1. The van der Waals surface area contributed by atoms with Gasteiger partial charge in [-0.15, -0.1) is 0 Å². The summed E-state index contributed by atoms with van der Waals surface area (Å²) in [7, 11) is 0. The maximum absolute atomic E-state index is 11.4. The molecule has 0 saturated carbocycles. The molecule has 20 heavy (non-hydrogen) atoms. The smallest absolute Gasteiger partial charge is 0.322 e. The fraction of sp³-hybridized carbons (Fsp3) is 0.867. The summed E-state index contributed by atoms with van der Waals surface area (Å²) in [4.78, 5) is 21.8. The van der Waals surface area contributed by atoms with Gasteiger partial charge in [-0.3, -0.25) is 9.59 Å². The third kappa shape index (κ3) is 12.0. The number of hydrogen-bond donors (Lipinski definition) is 2. The highest BCUT2D eigenvalue weighted by Crippen LogP contribution is 2.08. The van der Waals surface area contributed by atoms with E-state index in [9.17, 15) is 9.59 Å². The molecular weight excluding hydrogens is 258 g/mol. The zero-order chi connectivity index (χ0) is 15.2. The van der Waals surface area contributed by atoms with Gasteiger partial charge in [0.05, 0.1) is 6.61 Å². The van der Waals surface area contributed by atoms with E-state index in [0.29, 0.717) is 6.61 Å². The number of hydrogen-bond acceptors (Lipinski definition) is 4. The van der Waals surface area contributed by atoms with Crippen LogP contribution in [0, 0.1) is 0 Å². The van der Waals surface area contributed by atoms with Gasteiger partial charge in [-0.1, -0.05) is 51.9 Å². The second-order valence-electron chi connectivity index (χ2n) is 5.18. The molecule has 0 spiro atoms. The SMILES string of the molecule is CCCCCCCCCCOC(=O)[C@@H](N)CCC(=O)O. The number of carbonyl (C=O) groups excluding carboxylic acids is 1. The van der Waals surface area contributed by atoms with Gasteiger partial charge in [-0.2, -0.15) is 0 Å². The summed E-state index contributed by atoms with van der Waals surface area (Å²) in [5.74, 6) is -1.44. The molecule has 0 aromatic heterocycles. The predicted molar refractivity (Wildman–Crippen MR) is 78.4 cm³/mol. The lowest BCUT2D eigenvalue weighted by molar-refractivity contribution is -0.145. The van der Waals surface area contributed by atoms with Gasteiger partial charge in [0.1, 0.15) is 6.04 Å². The van der Waals surface area contributed by atoms with Gasteiger partial charge in [0.2, 0.25) is 0 Å². The van der Waals surface area contributed by atoms with Crippen molar-refractivity contribution in [1.82, 2.24) is 0 Å². The molecule has 5 heteroatoms. The lowest BCUT2D eigenvalue weighted by Crippen LogP contribution is -2.33. The summed E-state index contributed by atoms with van der Waals surface area (Å²) in [5.41, 5.74) is 5.54. The molecule has 0 saturated heterocycles. The van der Waals surface area contributed by atoms with Crippen molar-refractivity contribution in [3.63, 3.8) is 0 Å². The second-order valence-corrected chi connectivity index (χ2v) is 5.18. The van der Waals surface area contributed by atoms with E-state index in [2.05, 4.69) is 6.92 Å². The molecule has 0 aromatic rings. The summed E-state index contributed by atoms with van der Waals surface area (Å²) in [6.45, 7) is 2.59. The number of unbranched alkanes of at least 4 members (excludes halogenated alkanes) is 7. The third-order valence-corrected chi connectivity index (χ3v) is 3.21. The molecule has 0 radical (unpaired) electrons. The first kappa shape index (κ1) is 18.9. The third-order valence-electron chi connectivity index (χ3n) is 3.21. The summed E-state index contributed by atoms with van der Waals surface area (Å²) < 4.78 is 5.02. The number of aliphatic carboxylic acids is 1. The number of esters is 1. The van der Waals surface area contributed by atoms with Crippen LogP contribution in [0.1, 0.15) is 71.1 Å². The molecule has 0 heterocycles. The van der Waals surface area contributed by atoms with Crippen molar-refractivity contribution in [3.8, 4) is 0 Å². The van der Waals surface area contributed by atoms with E-state index < -0.39 is 18.0 Å². The lowest BCUT2D eigenvalue weighted by Gasteiger charge is -2.10. The van der Waals surface area contributed by atoms with Crippen LogP contribution in [0.25, 0.3) is 0 Å². The number of nitrogens with two attached hydrogens (primary N) is 1. The Bertz CT molecular complexity index is 269. The molecule has 0 aliphatic rings. The Morgan fingerprint density at radius 3 is 2.15 bits per heavy atom. The Hall–Kier alpha value is -1.10. The standard InChI is InChI=1S/C15H29NO4/c1-2-3-4-5-6-7-8-9-12-20-15(19)13(16)10-11-14(17)18/h13H,2-12,16H2,1H3,(H,17,18)/t13-/m0/s1. The van der Waals surface area contributed by atoms with Gasteiger partial charge in [-0.25, -0.2) is 0 Å². The molecule has 0 bridgehead atoms. The van der Waals surface area contributed by atoms with Crippen LogP contribution < -0.4 is 5.73 Å². The number of ether oxygens (including phenoxy) is 1. The molecule has 0 rings (SSSR count). The molecule has 5 nitrogen and oxygen atoms in total. The van der Waals surface area contributed by atoms with Gasteiger partial charge < -0.3 is 15.6 Å². The van der Waals surface area contributed by atoms with Crippen molar-refractivity contribution in [2.24, 2.45) is 5.73 Å². The van der Waals surface area contributed by atoms with Crippen molar-refractivity contribution in [3.05, 3.63) is 0 Å². The minimum atomic E-state index is -0.948. The molecule has 1 atom stereocenters. The average molecular weight is 287 g/mol. The predicted octanol–water partition coefficient (Wildman–Crippen LogP) is 2.86.